The van der Waals surface area contributed by atoms with E-state index in [1.165, 1.54) is 12.1 Å². The molecule has 0 unspecified atom stereocenters. The van der Waals surface area contributed by atoms with E-state index in [1.54, 1.807) is 43.5 Å². The van der Waals surface area contributed by atoms with Crippen molar-refractivity contribution in [2.24, 2.45) is 0 Å². The molecule has 34 heavy (non-hydrogen) atoms. The van der Waals surface area contributed by atoms with Crippen molar-refractivity contribution >= 4 is 28.9 Å². The number of nitro benzene ring substituents is 1. The highest BCUT2D eigenvalue weighted by atomic mass is 35.5. The minimum atomic E-state index is -0.390. The number of likely N-dealkylation sites (tertiary alicyclic amines) is 1. The summed E-state index contributed by atoms with van der Waals surface area (Å²) in [6.07, 6.45) is 1.60. The molecule has 1 heterocycles. The molecule has 0 saturated carbocycles. The van der Waals surface area contributed by atoms with Crippen LogP contribution in [0.5, 0.6) is 5.75 Å². The quantitative estimate of drug-likeness (QED) is 0.327. The second kappa shape index (κ2) is 10.7. The summed E-state index contributed by atoms with van der Waals surface area (Å²) >= 11 is 6.16. The summed E-state index contributed by atoms with van der Waals surface area (Å²) in [7, 11) is 1.61. The van der Waals surface area contributed by atoms with Crippen molar-refractivity contribution in [2.75, 3.05) is 25.1 Å². The molecule has 1 aliphatic heterocycles. The van der Waals surface area contributed by atoms with Gasteiger partial charge in [0.05, 0.1) is 12.0 Å². The molecule has 1 amide bonds. The van der Waals surface area contributed by atoms with E-state index in [9.17, 15) is 14.9 Å². The van der Waals surface area contributed by atoms with E-state index in [-0.39, 0.29) is 22.6 Å². The Bertz CT molecular complexity index is 1160. The summed E-state index contributed by atoms with van der Waals surface area (Å²) in [5.41, 5.74) is 2.46. The molecule has 8 heteroatoms. The molecule has 4 rings (SSSR count). The number of nitro groups is 1. The summed E-state index contributed by atoms with van der Waals surface area (Å²) < 4.78 is 5.39. The van der Waals surface area contributed by atoms with Crippen LogP contribution in [0.15, 0.2) is 72.8 Å². The minimum Gasteiger partial charge on any atom is -0.497 e. The molecule has 1 saturated heterocycles. The zero-order valence-electron chi connectivity index (χ0n) is 18.9. The van der Waals surface area contributed by atoms with Gasteiger partial charge in [-0.05, 0) is 48.7 Å². The normalized spacial score (nSPS) is 14.5. The van der Waals surface area contributed by atoms with Crippen LogP contribution < -0.4 is 9.64 Å². The molecular formula is C26H26ClN3O4. The number of rotatable bonds is 7. The smallest absolute Gasteiger partial charge is 0.269 e. The average Bonchev–Trinajstić information content (AvgIpc) is 2.85. The van der Waals surface area contributed by atoms with Crippen molar-refractivity contribution in [3.05, 3.63) is 99.1 Å². The molecule has 0 N–H and O–H groups in total. The van der Waals surface area contributed by atoms with Crippen LogP contribution >= 0.6 is 11.6 Å². The predicted molar refractivity (Wildman–Crippen MR) is 133 cm³/mol. The highest BCUT2D eigenvalue weighted by molar-refractivity contribution is 6.31. The number of halogens is 1. The molecule has 7 nitrogen and oxygen atoms in total. The van der Waals surface area contributed by atoms with E-state index in [1.807, 2.05) is 29.2 Å². The topological polar surface area (TPSA) is 75.9 Å². The Morgan fingerprint density at radius 2 is 1.79 bits per heavy atom. The largest absolute Gasteiger partial charge is 0.497 e. The summed E-state index contributed by atoms with van der Waals surface area (Å²) in [5, 5.41) is 11.4. The van der Waals surface area contributed by atoms with E-state index in [2.05, 4.69) is 4.90 Å². The molecule has 0 bridgehead atoms. The van der Waals surface area contributed by atoms with Crippen molar-refractivity contribution in [2.45, 2.75) is 25.4 Å². The van der Waals surface area contributed by atoms with Gasteiger partial charge in [-0.15, -0.1) is 0 Å². The number of anilines is 1. The van der Waals surface area contributed by atoms with E-state index >= 15 is 0 Å². The van der Waals surface area contributed by atoms with Crippen LogP contribution in [0.4, 0.5) is 11.4 Å². The lowest BCUT2D eigenvalue weighted by molar-refractivity contribution is -0.384. The lowest BCUT2D eigenvalue weighted by Gasteiger charge is -2.38. The van der Waals surface area contributed by atoms with Gasteiger partial charge in [0.25, 0.3) is 11.6 Å². The van der Waals surface area contributed by atoms with Crippen LogP contribution in [0.3, 0.4) is 0 Å². The molecule has 1 fully saturated rings. The molecule has 0 aliphatic carbocycles. The van der Waals surface area contributed by atoms with E-state index in [0.717, 1.165) is 37.2 Å². The Morgan fingerprint density at radius 3 is 2.44 bits per heavy atom. The van der Waals surface area contributed by atoms with Gasteiger partial charge < -0.3 is 9.64 Å². The average molecular weight is 480 g/mol. The molecule has 0 spiro atoms. The fourth-order valence-corrected chi connectivity index (χ4v) is 4.52. The fourth-order valence-electron chi connectivity index (χ4n) is 4.33. The van der Waals surface area contributed by atoms with Crippen LogP contribution in [0.1, 0.15) is 28.8 Å². The van der Waals surface area contributed by atoms with Crippen molar-refractivity contribution in [1.82, 2.24) is 4.90 Å². The van der Waals surface area contributed by atoms with Gasteiger partial charge >= 0.3 is 0 Å². The van der Waals surface area contributed by atoms with Crippen LogP contribution in [-0.4, -0.2) is 42.0 Å². The monoisotopic (exact) mass is 479 g/mol. The number of non-ortho nitro benzene ring substituents is 1. The summed E-state index contributed by atoms with van der Waals surface area (Å²) in [6.45, 7) is 2.34. The van der Waals surface area contributed by atoms with E-state index < -0.39 is 0 Å². The third-order valence-corrected chi connectivity index (χ3v) is 6.33. The van der Waals surface area contributed by atoms with E-state index in [0.29, 0.717) is 22.9 Å². The number of amides is 1. The second-order valence-electron chi connectivity index (χ2n) is 8.32. The maximum absolute atomic E-state index is 13.6. The molecule has 176 valence electrons. The molecule has 0 aromatic heterocycles. The number of hydrogen-bond acceptors (Lipinski definition) is 5. The standard InChI is InChI=1S/C26H26ClN3O4/c1-34-25-7-3-6-24(17-25)29(26(31)20-4-2-5-21(27)16-20)22-12-14-28(15-13-22)18-19-8-10-23(11-9-19)30(32)33/h2-11,16-17,22H,12-15,18H2,1H3. The van der Waals surface area contributed by atoms with Crippen LogP contribution in [0.2, 0.25) is 5.02 Å². The molecule has 3 aromatic carbocycles. The van der Waals surface area contributed by atoms with Gasteiger partial charge in [0.2, 0.25) is 0 Å². The van der Waals surface area contributed by atoms with Gasteiger partial charge in [-0.1, -0.05) is 35.9 Å². The van der Waals surface area contributed by atoms with Crippen molar-refractivity contribution < 1.29 is 14.5 Å². The van der Waals surface area contributed by atoms with Gasteiger partial charge in [-0.25, -0.2) is 0 Å². The zero-order valence-corrected chi connectivity index (χ0v) is 19.6. The summed E-state index contributed by atoms with van der Waals surface area (Å²) in [6, 6.07) is 21.3. The molecule has 0 radical (unpaired) electrons. The second-order valence-corrected chi connectivity index (χ2v) is 8.75. The molecular weight excluding hydrogens is 454 g/mol. The lowest BCUT2D eigenvalue weighted by Crippen LogP contribution is -2.47. The summed E-state index contributed by atoms with van der Waals surface area (Å²) in [5.74, 6) is 0.599. The fraction of sp³-hybridized carbons (Fsp3) is 0.269. The van der Waals surface area contributed by atoms with Crippen molar-refractivity contribution in [3.8, 4) is 5.75 Å². The van der Waals surface area contributed by atoms with Gasteiger partial charge in [0.15, 0.2) is 0 Å². The number of piperidine rings is 1. The van der Waals surface area contributed by atoms with Gasteiger partial charge in [-0.3, -0.25) is 19.8 Å². The molecule has 0 atom stereocenters. The lowest BCUT2D eigenvalue weighted by atomic mass is 10.00. The van der Waals surface area contributed by atoms with E-state index in [4.69, 9.17) is 16.3 Å². The first-order valence-corrected chi connectivity index (χ1v) is 11.5. The molecule has 1 aliphatic rings. The Morgan fingerprint density at radius 1 is 1.09 bits per heavy atom. The number of hydrogen-bond donors (Lipinski definition) is 0. The van der Waals surface area contributed by atoms with Crippen LogP contribution in [0, 0.1) is 10.1 Å². The zero-order chi connectivity index (χ0) is 24.1. The third-order valence-electron chi connectivity index (χ3n) is 6.10. The Kier molecular flexibility index (Phi) is 7.45. The minimum absolute atomic E-state index is 0.0201. The number of carbonyl (C=O) groups excluding carboxylic acids is 1. The predicted octanol–water partition coefficient (Wildman–Crippen LogP) is 5.57. The number of benzene rings is 3. The van der Waals surface area contributed by atoms with Crippen molar-refractivity contribution in [3.63, 3.8) is 0 Å². The SMILES string of the molecule is COc1cccc(N(C(=O)c2cccc(Cl)c2)C2CCN(Cc3ccc([N+](=O)[O-])cc3)CC2)c1. The Labute approximate surface area is 203 Å². The Balaban J connectivity index is 1.51. The third kappa shape index (κ3) is 5.55. The maximum Gasteiger partial charge on any atom is 0.269 e. The number of methoxy groups -OCH3 is 1. The highest BCUT2D eigenvalue weighted by Gasteiger charge is 2.30. The van der Waals surface area contributed by atoms with Gasteiger partial charge in [0.1, 0.15) is 5.75 Å². The number of ether oxygens (including phenoxy) is 1. The first-order chi connectivity index (χ1) is 16.4. The summed E-state index contributed by atoms with van der Waals surface area (Å²) in [4.78, 5) is 28.3. The Hall–Kier alpha value is -3.42. The first kappa shape index (κ1) is 23.7. The maximum atomic E-state index is 13.6. The van der Waals surface area contributed by atoms with Crippen LogP contribution in [-0.2, 0) is 6.54 Å². The van der Waals surface area contributed by atoms with Gasteiger partial charge in [0, 0.05) is 60.1 Å². The highest BCUT2D eigenvalue weighted by Crippen LogP contribution is 2.29. The van der Waals surface area contributed by atoms with Crippen LogP contribution in [0.25, 0.3) is 0 Å². The van der Waals surface area contributed by atoms with Crippen molar-refractivity contribution in [1.29, 1.82) is 0 Å². The van der Waals surface area contributed by atoms with Gasteiger partial charge in [-0.2, -0.15) is 0 Å². The first-order valence-electron chi connectivity index (χ1n) is 11.1. The number of nitrogens with zero attached hydrogens (tertiary/aromatic N) is 3. The number of carbonyl (C=O) groups is 1. The molecule has 3 aromatic rings.